The smallest absolute Gasteiger partial charge is 0.274 e. The highest BCUT2D eigenvalue weighted by atomic mass is 16.3. The van der Waals surface area contributed by atoms with E-state index in [4.69, 9.17) is 5.73 Å². The molecule has 1 aromatic heterocycles. The number of hydrogen-bond acceptors (Lipinski definition) is 3. The fourth-order valence-electron chi connectivity index (χ4n) is 2.20. The molecule has 0 aromatic carbocycles. The monoisotopic (exact) mass is 208 g/mol. The van der Waals surface area contributed by atoms with Gasteiger partial charge < -0.3 is 15.4 Å². The number of anilines is 1. The van der Waals surface area contributed by atoms with Crippen molar-refractivity contribution in [1.29, 1.82) is 0 Å². The fraction of sp³-hybridized carbons (Fsp3) is 0.545. The van der Waals surface area contributed by atoms with Gasteiger partial charge in [0.15, 0.2) is 0 Å². The van der Waals surface area contributed by atoms with E-state index < -0.39 is 6.10 Å². The van der Waals surface area contributed by atoms with Gasteiger partial charge in [0, 0.05) is 6.20 Å². The molecule has 0 saturated heterocycles. The average molecular weight is 208 g/mol. The van der Waals surface area contributed by atoms with E-state index in [1.165, 1.54) is 0 Å². The number of nitrogens with two attached hydrogens (primary N) is 1. The van der Waals surface area contributed by atoms with Crippen LogP contribution in [-0.2, 0) is 0 Å². The molecule has 1 fully saturated rings. The summed E-state index contributed by atoms with van der Waals surface area (Å²) in [6, 6.07) is 3.24. The predicted octanol–water partition coefficient (Wildman–Crippen LogP) is 0.906. The molecule has 0 spiro atoms. The van der Waals surface area contributed by atoms with Crippen molar-refractivity contribution in [2.45, 2.75) is 37.8 Å². The normalized spacial score (nSPS) is 26.5. The lowest BCUT2D eigenvalue weighted by Crippen LogP contribution is -2.35. The molecule has 2 atom stereocenters. The Morgan fingerprint density at radius 1 is 1.40 bits per heavy atom. The van der Waals surface area contributed by atoms with Gasteiger partial charge in [-0.15, -0.1) is 0 Å². The van der Waals surface area contributed by atoms with Crippen LogP contribution in [0.25, 0.3) is 0 Å². The Balaban J connectivity index is 2.36. The van der Waals surface area contributed by atoms with Crippen LogP contribution in [0.1, 0.15) is 31.7 Å². The van der Waals surface area contributed by atoms with Gasteiger partial charge >= 0.3 is 0 Å². The van der Waals surface area contributed by atoms with E-state index >= 15 is 0 Å². The lowest BCUT2D eigenvalue weighted by Gasteiger charge is -2.29. The van der Waals surface area contributed by atoms with Gasteiger partial charge in [-0.2, -0.15) is 0 Å². The second kappa shape index (κ2) is 4.06. The molecule has 1 aliphatic rings. The SMILES string of the molecule is Nc1cccn([C@@H]2CCCC[C@@H]2O)c1=O. The number of aliphatic hydroxyl groups excluding tert-OH is 1. The summed E-state index contributed by atoms with van der Waals surface area (Å²) in [6.45, 7) is 0. The Bertz CT molecular complexity index is 400. The molecule has 1 aromatic rings. The molecule has 0 unspecified atom stereocenters. The molecular formula is C11H16N2O2. The van der Waals surface area contributed by atoms with Crippen molar-refractivity contribution in [2.75, 3.05) is 5.73 Å². The highest BCUT2D eigenvalue weighted by molar-refractivity contribution is 5.33. The molecule has 3 N–H and O–H groups in total. The van der Waals surface area contributed by atoms with Crippen LogP contribution in [0.4, 0.5) is 5.69 Å². The Morgan fingerprint density at radius 3 is 2.87 bits per heavy atom. The third-order valence-corrected chi connectivity index (χ3v) is 3.06. The van der Waals surface area contributed by atoms with Crippen molar-refractivity contribution >= 4 is 5.69 Å². The molecule has 1 heterocycles. The molecule has 0 aliphatic heterocycles. The van der Waals surface area contributed by atoms with Crippen molar-refractivity contribution in [2.24, 2.45) is 0 Å². The summed E-state index contributed by atoms with van der Waals surface area (Å²) in [4.78, 5) is 11.7. The van der Waals surface area contributed by atoms with Crippen LogP contribution in [0, 0.1) is 0 Å². The number of aromatic nitrogens is 1. The first-order valence-corrected chi connectivity index (χ1v) is 5.35. The van der Waals surface area contributed by atoms with Gasteiger partial charge in [-0.25, -0.2) is 0 Å². The van der Waals surface area contributed by atoms with Crippen LogP contribution in [0.2, 0.25) is 0 Å². The maximum Gasteiger partial charge on any atom is 0.274 e. The average Bonchev–Trinajstić information content (AvgIpc) is 2.23. The standard InChI is InChI=1S/C11H16N2O2/c12-8-4-3-7-13(11(8)15)9-5-1-2-6-10(9)14/h3-4,7,9-10,14H,1-2,5-6,12H2/t9-,10+/m1/s1. The molecule has 4 heteroatoms. The maximum atomic E-state index is 11.7. The van der Waals surface area contributed by atoms with Crippen LogP contribution < -0.4 is 11.3 Å². The number of aliphatic hydroxyl groups is 1. The maximum absolute atomic E-state index is 11.7. The van der Waals surface area contributed by atoms with Gasteiger partial charge in [0.1, 0.15) is 0 Å². The Labute approximate surface area is 88.3 Å². The lowest BCUT2D eigenvalue weighted by atomic mass is 9.92. The van der Waals surface area contributed by atoms with Gasteiger partial charge in [-0.05, 0) is 25.0 Å². The minimum absolute atomic E-state index is 0.102. The van der Waals surface area contributed by atoms with E-state index in [9.17, 15) is 9.90 Å². The largest absolute Gasteiger partial charge is 0.394 e. The van der Waals surface area contributed by atoms with Crippen LogP contribution in [0.5, 0.6) is 0 Å². The van der Waals surface area contributed by atoms with Gasteiger partial charge in [0.2, 0.25) is 0 Å². The van der Waals surface area contributed by atoms with Gasteiger partial charge in [0.05, 0.1) is 17.8 Å². The quantitative estimate of drug-likeness (QED) is 0.720. The molecule has 0 bridgehead atoms. The van der Waals surface area contributed by atoms with E-state index in [0.717, 1.165) is 25.7 Å². The number of rotatable bonds is 1. The molecular weight excluding hydrogens is 192 g/mol. The first-order valence-electron chi connectivity index (χ1n) is 5.35. The second-order valence-electron chi connectivity index (χ2n) is 4.10. The van der Waals surface area contributed by atoms with Crippen molar-refractivity contribution in [3.63, 3.8) is 0 Å². The zero-order chi connectivity index (χ0) is 10.8. The highest BCUT2D eigenvalue weighted by Crippen LogP contribution is 2.27. The molecule has 15 heavy (non-hydrogen) atoms. The summed E-state index contributed by atoms with van der Waals surface area (Å²) < 4.78 is 1.57. The molecule has 1 aliphatic carbocycles. The van der Waals surface area contributed by atoms with Crippen LogP contribution >= 0.6 is 0 Å². The van der Waals surface area contributed by atoms with Gasteiger partial charge in [-0.1, -0.05) is 12.8 Å². The number of pyridine rings is 1. The van der Waals surface area contributed by atoms with Crippen molar-refractivity contribution in [3.05, 3.63) is 28.7 Å². The van der Waals surface area contributed by atoms with Crippen molar-refractivity contribution < 1.29 is 5.11 Å². The predicted molar refractivity (Wildman–Crippen MR) is 58.6 cm³/mol. The van der Waals surface area contributed by atoms with Crippen molar-refractivity contribution in [1.82, 2.24) is 4.57 Å². The lowest BCUT2D eigenvalue weighted by molar-refractivity contribution is 0.0739. The highest BCUT2D eigenvalue weighted by Gasteiger charge is 2.25. The first-order chi connectivity index (χ1) is 7.20. The van der Waals surface area contributed by atoms with E-state index in [-0.39, 0.29) is 17.3 Å². The van der Waals surface area contributed by atoms with Crippen LogP contribution in [0.15, 0.2) is 23.1 Å². The molecule has 2 rings (SSSR count). The summed E-state index contributed by atoms with van der Waals surface area (Å²) in [5.41, 5.74) is 5.61. The number of nitrogens with zero attached hydrogens (tertiary/aromatic N) is 1. The Kier molecular flexibility index (Phi) is 2.77. The summed E-state index contributed by atoms with van der Waals surface area (Å²) in [5, 5.41) is 9.84. The number of nitrogen functional groups attached to an aromatic ring is 1. The molecule has 0 radical (unpaired) electrons. The molecule has 1 saturated carbocycles. The van der Waals surface area contributed by atoms with Crippen LogP contribution in [0.3, 0.4) is 0 Å². The Hall–Kier alpha value is -1.29. The van der Waals surface area contributed by atoms with Crippen molar-refractivity contribution in [3.8, 4) is 0 Å². The van der Waals surface area contributed by atoms with E-state index in [2.05, 4.69) is 0 Å². The zero-order valence-corrected chi connectivity index (χ0v) is 8.60. The molecule has 4 nitrogen and oxygen atoms in total. The minimum Gasteiger partial charge on any atom is -0.394 e. The molecule has 82 valence electrons. The third-order valence-electron chi connectivity index (χ3n) is 3.06. The van der Waals surface area contributed by atoms with Gasteiger partial charge in [-0.3, -0.25) is 4.79 Å². The topological polar surface area (TPSA) is 68.2 Å². The van der Waals surface area contributed by atoms with Gasteiger partial charge in [0.25, 0.3) is 5.56 Å². The fourth-order valence-corrected chi connectivity index (χ4v) is 2.20. The second-order valence-corrected chi connectivity index (χ2v) is 4.10. The summed E-state index contributed by atoms with van der Waals surface area (Å²) >= 11 is 0. The van der Waals surface area contributed by atoms with E-state index in [1.807, 2.05) is 0 Å². The van der Waals surface area contributed by atoms with E-state index in [1.54, 1.807) is 22.9 Å². The number of hydrogen-bond donors (Lipinski definition) is 2. The van der Waals surface area contributed by atoms with Crippen LogP contribution in [-0.4, -0.2) is 15.8 Å². The van der Waals surface area contributed by atoms with E-state index in [0.29, 0.717) is 0 Å². The third kappa shape index (κ3) is 1.90. The minimum atomic E-state index is -0.418. The molecule has 0 amide bonds. The summed E-state index contributed by atoms with van der Waals surface area (Å²) in [6.07, 6.45) is 5.00. The first kappa shape index (κ1) is 10.2. The Morgan fingerprint density at radius 2 is 2.13 bits per heavy atom. The zero-order valence-electron chi connectivity index (χ0n) is 8.60. The summed E-state index contributed by atoms with van der Waals surface area (Å²) in [7, 11) is 0. The summed E-state index contributed by atoms with van der Waals surface area (Å²) in [5.74, 6) is 0.